The second-order valence-electron chi connectivity index (χ2n) is 6.30. The minimum atomic E-state index is -0.481. The fourth-order valence-corrected chi connectivity index (χ4v) is 3.21. The number of hydrogen-bond donors (Lipinski definition) is 0. The lowest BCUT2D eigenvalue weighted by molar-refractivity contribution is -0.129. The van der Waals surface area contributed by atoms with E-state index in [4.69, 9.17) is 21.1 Å². The Bertz CT molecular complexity index is 1120. The van der Waals surface area contributed by atoms with E-state index in [-0.39, 0.29) is 5.70 Å². The van der Waals surface area contributed by atoms with Crippen molar-refractivity contribution in [2.75, 3.05) is 0 Å². The number of rotatable bonds is 5. The van der Waals surface area contributed by atoms with E-state index < -0.39 is 5.97 Å². The van der Waals surface area contributed by atoms with Crippen molar-refractivity contribution < 1.29 is 14.3 Å². The summed E-state index contributed by atoms with van der Waals surface area (Å²) in [7, 11) is 0. The van der Waals surface area contributed by atoms with Gasteiger partial charge in [0.25, 0.3) is 0 Å². The fraction of sp³-hybridized carbons (Fsp3) is 0.0435. The van der Waals surface area contributed by atoms with E-state index in [0.29, 0.717) is 23.3 Å². The van der Waals surface area contributed by atoms with E-state index in [1.807, 2.05) is 72.8 Å². The van der Waals surface area contributed by atoms with Crippen molar-refractivity contribution in [3.63, 3.8) is 0 Å². The number of carbonyl (C=O) groups excluding carboxylic acids is 1. The smallest absolute Gasteiger partial charge is 0.363 e. The maximum atomic E-state index is 12.2. The molecule has 0 saturated carbocycles. The van der Waals surface area contributed by atoms with Crippen LogP contribution in [0.2, 0.25) is 5.02 Å². The molecule has 0 spiro atoms. The number of halogens is 2. The first-order valence-corrected chi connectivity index (χ1v) is 10.0. The Morgan fingerprint density at radius 3 is 2.62 bits per heavy atom. The maximum Gasteiger partial charge on any atom is 0.363 e. The molecule has 0 radical (unpaired) electrons. The molecule has 0 aromatic heterocycles. The van der Waals surface area contributed by atoms with Crippen LogP contribution in [0.1, 0.15) is 16.7 Å². The average Bonchev–Trinajstić information content (AvgIpc) is 3.08. The van der Waals surface area contributed by atoms with Crippen LogP contribution in [-0.2, 0) is 16.1 Å². The second kappa shape index (κ2) is 8.64. The molecule has 0 N–H and O–H groups in total. The van der Waals surface area contributed by atoms with Gasteiger partial charge in [-0.15, -0.1) is 0 Å². The molecular weight excluding hydrogens is 454 g/mol. The minimum absolute atomic E-state index is 0.242. The first-order valence-electron chi connectivity index (χ1n) is 8.83. The number of aliphatic imine (C=N–C) groups is 1. The zero-order valence-electron chi connectivity index (χ0n) is 15.1. The summed E-state index contributed by atoms with van der Waals surface area (Å²) in [6.45, 7) is 0.355. The number of benzene rings is 3. The molecule has 3 aromatic rings. The third-order valence-corrected chi connectivity index (χ3v) is 5.12. The van der Waals surface area contributed by atoms with E-state index >= 15 is 0 Å². The van der Waals surface area contributed by atoms with Crippen molar-refractivity contribution in [3.8, 4) is 5.75 Å². The number of esters is 1. The molecule has 0 atom stereocenters. The first kappa shape index (κ1) is 19.4. The summed E-state index contributed by atoms with van der Waals surface area (Å²) in [4.78, 5) is 16.5. The third-order valence-electron chi connectivity index (χ3n) is 4.23. The van der Waals surface area contributed by atoms with Gasteiger partial charge in [0.05, 0.1) is 0 Å². The molecule has 0 bridgehead atoms. The number of cyclic esters (lactones) is 1. The molecule has 0 unspecified atom stereocenters. The van der Waals surface area contributed by atoms with Gasteiger partial charge < -0.3 is 9.47 Å². The number of ether oxygens (including phenoxy) is 2. The van der Waals surface area contributed by atoms with Crippen LogP contribution in [0.3, 0.4) is 0 Å². The highest BCUT2D eigenvalue weighted by molar-refractivity contribution is 9.10. The van der Waals surface area contributed by atoms with Gasteiger partial charge in [0.1, 0.15) is 12.4 Å². The Labute approximate surface area is 181 Å². The Hall–Kier alpha value is -2.89. The summed E-state index contributed by atoms with van der Waals surface area (Å²) in [5.74, 6) is 0.480. The van der Waals surface area contributed by atoms with Crippen LogP contribution in [0.15, 0.2) is 88.0 Å². The second-order valence-corrected chi connectivity index (χ2v) is 7.62. The molecule has 29 heavy (non-hydrogen) atoms. The van der Waals surface area contributed by atoms with E-state index in [2.05, 4.69) is 20.9 Å². The van der Waals surface area contributed by atoms with E-state index in [1.54, 1.807) is 6.08 Å². The highest BCUT2D eigenvalue weighted by atomic mass is 79.9. The summed E-state index contributed by atoms with van der Waals surface area (Å²) in [6, 6.07) is 22.4. The summed E-state index contributed by atoms with van der Waals surface area (Å²) >= 11 is 9.55. The predicted octanol–water partition coefficient (Wildman–Crippen LogP) is 6.03. The van der Waals surface area contributed by atoms with Crippen LogP contribution in [0.4, 0.5) is 0 Å². The normalized spacial score (nSPS) is 14.6. The van der Waals surface area contributed by atoms with Crippen LogP contribution >= 0.6 is 27.5 Å². The summed E-state index contributed by atoms with van der Waals surface area (Å²) in [6.07, 6.45) is 1.68. The van der Waals surface area contributed by atoms with Crippen LogP contribution in [-0.4, -0.2) is 11.9 Å². The van der Waals surface area contributed by atoms with Gasteiger partial charge in [-0.05, 0) is 54.1 Å². The molecule has 0 aliphatic carbocycles. The molecule has 0 amide bonds. The van der Waals surface area contributed by atoms with E-state index in [9.17, 15) is 4.79 Å². The molecule has 6 heteroatoms. The van der Waals surface area contributed by atoms with Gasteiger partial charge in [0.2, 0.25) is 5.90 Å². The largest absolute Gasteiger partial charge is 0.489 e. The van der Waals surface area contributed by atoms with E-state index in [0.717, 1.165) is 21.2 Å². The molecular formula is C23H15BrClNO3. The van der Waals surface area contributed by atoms with Crippen molar-refractivity contribution in [1.29, 1.82) is 0 Å². The van der Waals surface area contributed by atoms with Gasteiger partial charge in [-0.2, -0.15) is 0 Å². The van der Waals surface area contributed by atoms with Gasteiger partial charge in [-0.25, -0.2) is 9.79 Å². The Kier molecular flexibility index (Phi) is 5.79. The molecule has 144 valence electrons. The van der Waals surface area contributed by atoms with Crippen molar-refractivity contribution in [2.45, 2.75) is 6.61 Å². The molecule has 3 aromatic carbocycles. The maximum absolute atomic E-state index is 12.2. The lowest BCUT2D eigenvalue weighted by Gasteiger charge is -2.08. The van der Waals surface area contributed by atoms with Crippen LogP contribution in [0.5, 0.6) is 5.75 Å². The van der Waals surface area contributed by atoms with Gasteiger partial charge in [0.15, 0.2) is 5.70 Å². The number of carbonyl (C=O) groups is 1. The zero-order valence-corrected chi connectivity index (χ0v) is 17.5. The van der Waals surface area contributed by atoms with Gasteiger partial charge in [-0.1, -0.05) is 57.9 Å². The molecule has 1 aliphatic heterocycles. The monoisotopic (exact) mass is 467 g/mol. The van der Waals surface area contributed by atoms with Crippen molar-refractivity contribution >= 4 is 45.5 Å². The Morgan fingerprint density at radius 1 is 1.03 bits per heavy atom. The standard InChI is InChI=1S/C23H15BrClNO3/c24-18-10-8-16(9-11-18)22-26-21(23(27)29-22)13-15-4-3-6-19(12-15)28-14-17-5-1-2-7-20(17)25/h1-13H,14H2. The van der Waals surface area contributed by atoms with Crippen LogP contribution in [0, 0.1) is 0 Å². The quantitative estimate of drug-likeness (QED) is 0.339. The lowest BCUT2D eigenvalue weighted by Crippen LogP contribution is -2.05. The van der Waals surface area contributed by atoms with Gasteiger partial charge in [0, 0.05) is 20.6 Å². The predicted molar refractivity (Wildman–Crippen MR) is 117 cm³/mol. The highest BCUT2D eigenvalue weighted by Gasteiger charge is 2.24. The molecule has 1 aliphatic rings. The first-order chi connectivity index (χ1) is 14.1. The summed E-state index contributed by atoms with van der Waals surface area (Å²) in [5.41, 5.74) is 2.67. The van der Waals surface area contributed by atoms with E-state index in [1.165, 1.54) is 0 Å². The van der Waals surface area contributed by atoms with Crippen molar-refractivity contribution in [1.82, 2.24) is 0 Å². The number of hydrogen-bond acceptors (Lipinski definition) is 4. The SMILES string of the molecule is O=C1OC(c2ccc(Br)cc2)=NC1=Cc1cccc(OCc2ccccc2Cl)c1. The molecule has 4 nitrogen and oxygen atoms in total. The summed E-state index contributed by atoms with van der Waals surface area (Å²) < 4.78 is 12.1. The zero-order chi connectivity index (χ0) is 20.2. The van der Waals surface area contributed by atoms with Crippen molar-refractivity contribution in [2.24, 2.45) is 4.99 Å². The number of nitrogens with zero attached hydrogens (tertiary/aromatic N) is 1. The fourth-order valence-electron chi connectivity index (χ4n) is 2.75. The molecule has 4 rings (SSSR count). The third kappa shape index (κ3) is 4.75. The topological polar surface area (TPSA) is 47.9 Å². The summed E-state index contributed by atoms with van der Waals surface area (Å²) in [5, 5.41) is 0.661. The highest BCUT2D eigenvalue weighted by Crippen LogP contribution is 2.23. The molecule has 0 fully saturated rings. The van der Waals surface area contributed by atoms with Crippen molar-refractivity contribution in [3.05, 3.63) is 105 Å². The Morgan fingerprint density at radius 2 is 1.83 bits per heavy atom. The van der Waals surface area contributed by atoms with Crippen LogP contribution in [0.25, 0.3) is 6.08 Å². The van der Waals surface area contributed by atoms with Gasteiger partial charge >= 0.3 is 5.97 Å². The van der Waals surface area contributed by atoms with Gasteiger partial charge in [-0.3, -0.25) is 0 Å². The molecule has 0 saturated heterocycles. The Balaban J connectivity index is 1.52. The lowest BCUT2D eigenvalue weighted by atomic mass is 10.2. The van der Waals surface area contributed by atoms with Crippen LogP contribution < -0.4 is 4.74 Å². The molecule has 1 heterocycles. The average molecular weight is 469 g/mol. The minimum Gasteiger partial charge on any atom is -0.489 e.